The van der Waals surface area contributed by atoms with Crippen LogP contribution < -0.4 is 5.73 Å². The molecule has 2 unspecified atom stereocenters. The van der Waals surface area contributed by atoms with Gasteiger partial charge < -0.3 is 10.6 Å². The zero-order valence-corrected chi connectivity index (χ0v) is 12.1. The van der Waals surface area contributed by atoms with Gasteiger partial charge in [-0.25, -0.2) is 0 Å². The summed E-state index contributed by atoms with van der Waals surface area (Å²) >= 11 is 0. The number of nitrogens with zero attached hydrogens (tertiary/aromatic N) is 2. The fourth-order valence-electron chi connectivity index (χ4n) is 3.54. The van der Waals surface area contributed by atoms with Crippen LogP contribution >= 0.6 is 0 Å². The van der Waals surface area contributed by atoms with Crippen LogP contribution in [0.3, 0.4) is 0 Å². The smallest absolute Gasteiger partial charge is 0.0362 e. The highest BCUT2D eigenvalue weighted by Crippen LogP contribution is 2.29. The summed E-state index contributed by atoms with van der Waals surface area (Å²) in [6, 6.07) is 7.80. The number of likely N-dealkylation sites (tertiary alicyclic amines) is 1. The van der Waals surface area contributed by atoms with Gasteiger partial charge in [-0.05, 0) is 57.0 Å². The van der Waals surface area contributed by atoms with Gasteiger partial charge in [0.2, 0.25) is 0 Å². The van der Waals surface area contributed by atoms with Crippen LogP contribution in [0.2, 0.25) is 0 Å². The molecule has 2 heterocycles. The van der Waals surface area contributed by atoms with Gasteiger partial charge in [0.1, 0.15) is 0 Å². The van der Waals surface area contributed by atoms with Gasteiger partial charge >= 0.3 is 0 Å². The second-order valence-electron chi connectivity index (χ2n) is 6.21. The predicted molar refractivity (Wildman–Crippen MR) is 80.1 cm³/mol. The van der Waals surface area contributed by atoms with Crippen LogP contribution in [-0.2, 0) is 13.0 Å². The first kappa shape index (κ1) is 12.9. The van der Waals surface area contributed by atoms with Gasteiger partial charge in [0, 0.05) is 30.9 Å². The third-order valence-corrected chi connectivity index (χ3v) is 5.04. The van der Waals surface area contributed by atoms with Crippen molar-refractivity contribution in [3.05, 3.63) is 29.3 Å². The number of benzene rings is 1. The number of piperidine rings is 1. The van der Waals surface area contributed by atoms with Crippen LogP contribution in [0.5, 0.6) is 0 Å². The molecule has 1 saturated heterocycles. The zero-order chi connectivity index (χ0) is 13.4. The van der Waals surface area contributed by atoms with E-state index in [-0.39, 0.29) is 0 Å². The lowest BCUT2D eigenvalue weighted by Gasteiger charge is -2.42. The van der Waals surface area contributed by atoms with Crippen molar-refractivity contribution in [2.45, 2.75) is 44.8 Å². The van der Waals surface area contributed by atoms with E-state index in [0.717, 1.165) is 24.7 Å². The molecular formula is C16H25N3. The molecule has 2 N–H and O–H groups in total. The van der Waals surface area contributed by atoms with E-state index in [1.807, 2.05) is 6.07 Å². The first-order valence-electron chi connectivity index (χ1n) is 7.45. The van der Waals surface area contributed by atoms with E-state index in [1.54, 1.807) is 0 Å². The molecule has 0 bridgehead atoms. The van der Waals surface area contributed by atoms with Crippen LogP contribution in [0.15, 0.2) is 18.2 Å². The molecule has 3 heteroatoms. The molecular weight excluding hydrogens is 234 g/mol. The minimum atomic E-state index is 0.702. The predicted octanol–water partition coefficient (Wildman–Crippen LogP) is 2.11. The number of hydrogen-bond donors (Lipinski definition) is 1. The van der Waals surface area contributed by atoms with Gasteiger partial charge in [0.15, 0.2) is 0 Å². The lowest BCUT2D eigenvalue weighted by Crippen LogP contribution is -2.48. The van der Waals surface area contributed by atoms with Crippen molar-refractivity contribution < 1.29 is 0 Å². The van der Waals surface area contributed by atoms with Gasteiger partial charge in [-0.15, -0.1) is 0 Å². The van der Waals surface area contributed by atoms with Crippen molar-refractivity contribution in [3.63, 3.8) is 0 Å². The molecule has 1 fully saturated rings. The molecule has 0 amide bonds. The van der Waals surface area contributed by atoms with Crippen molar-refractivity contribution >= 4 is 5.69 Å². The Morgan fingerprint density at radius 1 is 1.26 bits per heavy atom. The van der Waals surface area contributed by atoms with E-state index in [9.17, 15) is 0 Å². The molecule has 0 radical (unpaired) electrons. The molecule has 104 valence electrons. The number of anilines is 1. The fraction of sp³-hybridized carbons (Fsp3) is 0.625. The quantitative estimate of drug-likeness (QED) is 0.784. The topological polar surface area (TPSA) is 32.5 Å². The number of nitrogens with two attached hydrogens (primary N) is 1. The minimum absolute atomic E-state index is 0.702. The lowest BCUT2D eigenvalue weighted by molar-refractivity contribution is 0.0794. The Bertz CT molecular complexity index is 457. The third-order valence-electron chi connectivity index (χ3n) is 5.04. The molecule has 2 aliphatic heterocycles. The summed E-state index contributed by atoms with van der Waals surface area (Å²) in [5, 5.41) is 0. The molecule has 0 saturated carbocycles. The molecule has 1 aromatic rings. The summed E-state index contributed by atoms with van der Waals surface area (Å²) in [4.78, 5) is 5.13. The molecule has 0 aromatic heterocycles. The normalized spacial score (nSPS) is 29.2. The van der Waals surface area contributed by atoms with Crippen molar-refractivity contribution in [3.8, 4) is 0 Å². The van der Waals surface area contributed by atoms with Gasteiger partial charge in [0.05, 0.1) is 0 Å². The lowest BCUT2D eigenvalue weighted by atomic mass is 9.92. The second kappa shape index (κ2) is 5.14. The van der Waals surface area contributed by atoms with Crippen LogP contribution in [0, 0.1) is 0 Å². The third kappa shape index (κ3) is 2.49. The first-order valence-corrected chi connectivity index (χ1v) is 7.45. The van der Waals surface area contributed by atoms with Gasteiger partial charge in [-0.3, -0.25) is 4.90 Å². The summed E-state index contributed by atoms with van der Waals surface area (Å²) in [5.41, 5.74) is 9.95. The molecule has 3 rings (SSSR count). The summed E-state index contributed by atoms with van der Waals surface area (Å²) < 4.78 is 0. The molecule has 0 spiro atoms. The highest BCUT2D eigenvalue weighted by Gasteiger charge is 2.29. The van der Waals surface area contributed by atoms with Gasteiger partial charge in [-0.1, -0.05) is 12.1 Å². The average molecular weight is 259 g/mol. The standard InChI is InChI=1S/C16H25N3/c1-12-10-14(7-8-18(12)2)19-9-6-13-4-3-5-16(17)15(13)11-19/h3-5,12,14H,6-11,17H2,1-2H3. The van der Waals surface area contributed by atoms with Gasteiger partial charge in [0.25, 0.3) is 0 Å². The maximum atomic E-state index is 6.15. The van der Waals surface area contributed by atoms with Crippen molar-refractivity contribution in [2.75, 3.05) is 25.9 Å². The second-order valence-corrected chi connectivity index (χ2v) is 6.21. The van der Waals surface area contributed by atoms with Gasteiger partial charge in [-0.2, -0.15) is 0 Å². The van der Waals surface area contributed by atoms with E-state index >= 15 is 0 Å². The monoisotopic (exact) mass is 259 g/mol. The molecule has 0 aliphatic carbocycles. The molecule has 2 aliphatic rings. The zero-order valence-electron chi connectivity index (χ0n) is 12.1. The minimum Gasteiger partial charge on any atom is -0.398 e. The van der Waals surface area contributed by atoms with E-state index in [0.29, 0.717) is 6.04 Å². The summed E-state index contributed by atoms with van der Waals surface area (Å²) in [6.45, 7) is 5.80. The summed E-state index contributed by atoms with van der Waals surface area (Å²) in [5.74, 6) is 0. The molecule has 3 nitrogen and oxygen atoms in total. The Hall–Kier alpha value is -1.06. The van der Waals surface area contributed by atoms with Crippen LogP contribution in [0.25, 0.3) is 0 Å². The van der Waals surface area contributed by atoms with Crippen molar-refractivity contribution in [1.29, 1.82) is 0 Å². The Morgan fingerprint density at radius 2 is 2.11 bits per heavy atom. The average Bonchev–Trinajstić information content (AvgIpc) is 2.42. The van der Waals surface area contributed by atoms with E-state index in [4.69, 9.17) is 5.73 Å². The molecule has 19 heavy (non-hydrogen) atoms. The highest BCUT2D eigenvalue weighted by atomic mass is 15.2. The highest BCUT2D eigenvalue weighted by molar-refractivity contribution is 5.51. The van der Waals surface area contributed by atoms with E-state index in [2.05, 4.69) is 35.9 Å². The summed E-state index contributed by atoms with van der Waals surface area (Å²) in [7, 11) is 2.24. The van der Waals surface area contributed by atoms with Crippen molar-refractivity contribution in [1.82, 2.24) is 9.80 Å². The number of hydrogen-bond acceptors (Lipinski definition) is 3. The number of nitrogen functional groups attached to an aromatic ring is 1. The van der Waals surface area contributed by atoms with Crippen LogP contribution in [0.4, 0.5) is 5.69 Å². The largest absolute Gasteiger partial charge is 0.398 e. The Morgan fingerprint density at radius 3 is 2.89 bits per heavy atom. The first-order chi connectivity index (χ1) is 9.15. The Kier molecular flexibility index (Phi) is 3.50. The summed E-state index contributed by atoms with van der Waals surface area (Å²) in [6.07, 6.45) is 3.74. The van der Waals surface area contributed by atoms with Crippen molar-refractivity contribution in [2.24, 2.45) is 0 Å². The Labute approximate surface area is 116 Å². The number of rotatable bonds is 1. The molecule has 2 atom stereocenters. The maximum Gasteiger partial charge on any atom is 0.0362 e. The van der Waals surface area contributed by atoms with E-state index < -0.39 is 0 Å². The maximum absolute atomic E-state index is 6.15. The number of fused-ring (bicyclic) bond motifs is 1. The van der Waals surface area contributed by atoms with Crippen LogP contribution in [-0.4, -0.2) is 42.0 Å². The van der Waals surface area contributed by atoms with E-state index in [1.165, 1.54) is 37.1 Å². The van der Waals surface area contributed by atoms with Crippen LogP contribution in [0.1, 0.15) is 30.9 Å². The fourth-order valence-corrected chi connectivity index (χ4v) is 3.54. The Balaban J connectivity index is 1.73. The SMILES string of the molecule is CC1CC(N2CCc3cccc(N)c3C2)CCN1C. The molecule has 1 aromatic carbocycles.